The molecule has 9 nitrogen and oxygen atoms in total. The summed E-state index contributed by atoms with van der Waals surface area (Å²) in [6.07, 6.45) is -2.29. The van der Waals surface area contributed by atoms with Crippen LogP contribution in [0.4, 0.5) is 0 Å². The fourth-order valence-corrected chi connectivity index (χ4v) is 2.08. The molecule has 0 aromatic rings. The Bertz CT molecular complexity index is 368. The van der Waals surface area contributed by atoms with Gasteiger partial charge in [0.1, 0.15) is 12.2 Å². The highest BCUT2D eigenvalue weighted by atomic mass is 16.5. The number of esters is 1. The number of ether oxygens (including phenoxy) is 1. The number of methoxy groups -OCH3 is 1. The van der Waals surface area contributed by atoms with E-state index in [0.29, 0.717) is 19.5 Å². The third-order valence-corrected chi connectivity index (χ3v) is 3.64. The summed E-state index contributed by atoms with van der Waals surface area (Å²) in [5.74, 6) is -2.06. The highest BCUT2D eigenvalue weighted by Gasteiger charge is 2.37. The third-order valence-electron chi connectivity index (χ3n) is 3.64. The first kappa shape index (κ1) is 22.7. The Kier molecular flexibility index (Phi) is 12.4. The molecule has 142 valence electrons. The molecule has 9 heteroatoms. The summed E-state index contributed by atoms with van der Waals surface area (Å²) in [7, 11) is 0.990. The lowest BCUT2D eigenvalue weighted by atomic mass is 10.0. The molecule has 4 atom stereocenters. The molecular formula is C15H30N2O7. The van der Waals surface area contributed by atoms with E-state index in [-0.39, 0.29) is 0 Å². The molecule has 0 fully saturated rings. The van der Waals surface area contributed by atoms with E-state index in [1.165, 1.54) is 0 Å². The number of carbonyl (C=O) groups excluding carboxylic acids is 2. The molecule has 24 heavy (non-hydrogen) atoms. The number of amides is 1. The summed E-state index contributed by atoms with van der Waals surface area (Å²) in [6, 6.07) is 0. The minimum atomic E-state index is -2.05. The molecule has 0 aromatic heterocycles. The van der Waals surface area contributed by atoms with Gasteiger partial charge in [0.25, 0.3) is 5.91 Å². The van der Waals surface area contributed by atoms with E-state index in [1.807, 2.05) is 0 Å². The van der Waals surface area contributed by atoms with Crippen molar-refractivity contribution in [2.75, 3.05) is 20.2 Å². The number of rotatable bonds is 13. The topological polar surface area (TPSA) is 162 Å². The average Bonchev–Trinajstić information content (AvgIpc) is 2.60. The highest BCUT2D eigenvalue weighted by Crippen LogP contribution is 2.07. The summed E-state index contributed by atoms with van der Waals surface area (Å²) in [5.41, 5.74) is 5.39. The summed E-state index contributed by atoms with van der Waals surface area (Å²) < 4.78 is 4.20. The molecule has 0 aromatic carbocycles. The predicted molar refractivity (Wildman–Crippen MR) is 85.8 cm³/mol. The average molecular weight is 350 g/mol. The Morgan fingerprint density at radius 1 is 0.917 bits per heavy atom. The lowest BCUT2D eigenvalue weighted by molar-refractivity contribution is -0.169. The maximum Gasteiger partial charge on any atom is 0.337 e. The van der Waals surface area contributed by atoms with E-state index in [9.17, 15) is 30.0 Å². The van der Waals surface area contributed by atoms with Crippen molar-refractivity contribution in [2.24, 2.45) is 5.73 Å². The second-order valence-corrected chi connectivity index (χ2v) is 5.60. The maximum atomic E-state index is 11.7. The molecule has 7 N–H and O–H groups in total. The van der Waals surface area contributed by atoms with Crippen molar-refractivity contribution < 1.29 is 34.8 Å². The SMILES string of the molecule is COC(=O)[C@H](O)[C@@H](O)[C@H](O)[C@H](O)C(=O)NCCCCCCCCN. The van der Waals surface area contributed by atoms with Gasteiger partial charge in [0.2, 0.25) is 0 Å². The van der Waals surface area contributed by atoms with E-state index in [1.54, 1.807) is 0 Å². The molecule has 0 aliphatic rings. The second kappa shape index (κ2) is 13.1. The highest BCUT2D eigenvalue weighted by molar-refractivity contribution is 5.81. The van der Waals surface area contributed by atoms with Crippen LogP contribution in [0.5, 0.6) is 0 Å². The van der Waals surface area contributed by atoms with Crippen LogP contribution in [0.25, 0.3) is 0 Å². The van der Waals surface area contributed by atoms with Crippen LogP contribution in [-0.4, -0.2) is 76.9 Å². The van der Waals surface area contributed by atoms with Gasteiger partial charge in [-0.25, -0.2) is 4.79 Å². The van der Waals surface area contributed by atoms with Gasteiger partial charge in [0, 0.05) is 6.54 Å². The molecule has 0 aliphatic carbocycles. The molecule has 1 amide bonds. The quantitative estimate of drug-likeness (QED) is 0.164. The Labute approximate surface area is 141 Å². The van der Waals surface area contributed by atoms with Crippen molar-refractivity contribution in [1.29, 1.82) is 0 Å². The molecule has 0 unspecified atom stereocenters. The normalized spacial score (nSPS) is 16.1. The molecule has 0 saturated carbocycles. The number of carbonyl (C=O) groups is 2. The van der Waals surface area contributed by atoms with Crippen LogP contribution in [0, 0.1) is 0 Å². The molecule has 0 heterocycles. The van der Waals surface area contributed by atoms with Gasteiger partial charge in [-0.3, -0.25) is 4.79 Å². The Morgan fingerprint density at radius 2 is 1.42 bits per heavy atom. The number of aliphatic hydroxyl groups excluding tert-OH is 4. The van der Waals surface area contributed by atoms with Gasteiger partial charge in [-0.1, -0.05) is 25.7 Å². The van der Waals surface area contributed by atoms with Crippen LogP contribution in [0.2, 0.25) is 0 Å². The zero-order valence-electron chi connectivity index (χ0n) is 14.1. The van der Waals surface area contributed by atoms with Gasteiger partial charge in [-0.05, 0) is 19.4 Å². The second-order valence-electron chi connectivity index (χ2n) is 5.60. The number of unbranched alkanes of at least 4 members (excludes halogenated alkanes) is 5. The molecular weight excluding hydrogens is 320 g/mol. The van der Waals surface area contributed by atoms with Crippen LogP contribution in [0.3, 0.4) is 0 Å². The fourth-order valence-electron chi connectivity index (χ4n) is 2.08. The van der Waals surface area contributed by atoms with Crippen molar-refractivity contribution in [2.45, 2.75) is 62.9 Å². The van der Waals surface area contributed by atoms with E-state index in [0.717, 1.165) is 39.2 Å². The lowest BCUT2D eigenvalue weighted by Crippen LogP contribution is -2.52. The summed E-state index contributed by atoms with van der Waals surface area (Å²) in [6.45, 7) is 1.00. The van der Waals surface area contributed by atoms with Crippen LogP contribution in [0.15, 0.2) is 0 Å². The summed E-state index contributed by atoms with van der Waals surface area (Å²) in [5, 5.41) is 40.7. The van der Waals surface area contributed by atoms with Crippen LogP contribution >= 0.6 is 0 Å². The lowest BCUT2D eigenvalue weighted by Gasteiger charge is -2.24. The predicted octanol–water partition coefficient (Wildman–Crippen LogP) is -1.98. The van der Waals surface area contributed by atoms with Gasteiger partial charge in [0.15, 0.2) is 12.2 Å². The number of hydrogen-bond acceptors (Lipinski definition) is 8. The van der Waals surface area contributed by atoms with Crippen molar-refractivity contribution in [3.05, 3.63) is 0 Å². The Hall–Kier alpha value is -1.26. The van der Waals surface area contributed by atoms with E-state index >= 15 is 0 Å². The number of aliphatic hydroxyl groups is 4. The Balaban J connectivity index is 4.02. The van der Waals surface area contributed by atoms with Crippen molar-refractivity contribution in [1.82, 2.24) is 5.32 Å². The van der Waals surface area contributed by atoms with Gasteiger partial charge < -0.3 is 36.2 Å². The van der Waals surface area contributed by atoms with E-state index < -0.39 is 36.3 Å². The van der Waals surface area contributed by atoms with Gasteiger partial charge >= 0.3 is 5.97 Å². The number of hydrogen-bond donors (Lipinski definition) is 6. The number of nitrogens with one attached hydrogen (secondary N) is 1. The minimum Gasteiger partial charge on any atom is -0.467 e. The molecule has 0 bridgehead atoms. The van der Waals surface area contributed by atoms with Crippen LogP contribution < -0.4 is 11.1 Å². The molecule has 0 spiro atoms. The zero-order chi connectivity index (χ0) is 18.5. The third kappa shape index (κ3) is 8.55. The van der Waals surface area contributed by atoms with Crippen LogP contribution in [0.1, 0.15) is 38.5 Å². The first-order chi connectivity index (χ1) is 11.4. The van der Waals surface area contributed by atoms with Crippen molar-refractivity contribution >= 4 is 11.9 Å². The maximum absolute atomic E-state index is 11.7. The Morgan fingerprint density at radius 3 is 1.96 bits per heavy atom. The standard InChI is InChI=1S/C15H30N2O7/c1-24-15(23)13(21)11(19)10(18)12(20)14(22)17-9-7-5-3-2-4-6-8-16/h10-13,18-21H,2-9,16H2,1H3,(H,17,22)/t10-,11-,12-,13+/m0/s1. The first-order valence-electron chi connectivity index (χ1n) is 8.14. The van der Waals surface area contributed by atoms with Crippen molar-refractivity contribution in [3.63, 3.8) is 0 Å². The van der Waals surface area contributed by atoms with E-state index in [2.05, 4.69) is 10.1 Å². The molecule has 0 aliphatic heterocycles. The fraction of sp³-hybridized carbons (Fsp3) is 0.867. The minimum absolute atomic E-state index is 0.315. The number of nitrogens with two attached hydrogens (primary N) is 1. The first-order valence-corrected chi connectivity index (χ1v) is 8.14. The molecule has 0 radical (unpaired) electrons. The summed E-state index contributed by atoms with van der Waals surface area (Å²) >= 11 is 0. The van der Waals surface area contributed by atoms with Gasteiger partial charge in [-0.15, -0.1) is 0 Å². The van der Waals surface area contributed by atoms with Gasteiger partial charge in [0.05, 0.1) is 7.11 Å². The van der Waals surface area contributed by atoms with E-state index in [4.69, 9.17) is 5.73 Å². The molecule has 0 rings (SSSR count). The largest absolute Gasteiger partial charge is 0.467 e. The smallest absolute Gasteiger partial charge is 0.337 e. The summed E-state index contributed by atoms with van der Waals surface area (Å²) in [4.78, 5) is 22.7. The van der Waals surface area contributed by atoms with Gasteiger partial charge in [-0.2, -0.15) is 0 Å². The van der Waals surface area contributed by atoms with Crippen LogP contribution in [-0.2, 0) is 14.3 Å². The monoisotopic (exact) mass is 350 g/mol. The molecule has 0 saturated heterocycles. The van der Waals surface area contributed by atoms with Crippen molar-refractivity contribution in [3.8, 4) is 0 Å². The zero-order valence-corrected chi connectivity index (χ0v) is 14.1.